The molecule has 0 atom stereocenters. The highest BCUT2D eigenvalue weighted by Crippen LogP contribution is 1.93. The topological polar surface area (TPSA) is 166 Å². The Morgan fingerprint density at radius 3 is 1.29 bits per heavy atom. The van der Waals surface area contributed by atoms with Crippen molar-refractivity contribution in [1.29, 1.82) is 0 Å². The monoisotopic (exact) mass is 315 g/mol. The summed E-state index contributed by atoms with van der Waals surface area (Å²) in [4.78, 5) is 33.7. The predicted molar refractivity (Wildman–Crippen MR) is 65.4 cm³/mol. The second-order valence-corrected chi connectivity index (χ2v) is 3.29. The average molecular weight is 315 g/mol. The van der Waals surface area contributed by atoms with Gasteiger partial charge in [0.15, 0.2) is 5.92 Å². The number of carbonyl (C=O) groups is 2. The maximum Gasteiger partial charge on any atom is 0.317 e. The lowest BCUT2D eigenvalue weighted by molar-refractivity contribution is -0.527. The standard InChI is InChI=1S/C6H15NO6.C4H6O4/c8-1-4-11-7(12-5-2-9)13-6-3-10;1-2(3(5)6)4(7)8/h8-10H,1-6H2;2H,1H3,(H,5,6)(H,7,8). The van der Waals surface area contributed by atoms with Gasteiger partial charge in [-0.2, -0.15) is 0 Å². The number of hydrogen-bond donors (Lipinski definition) is 5. The Labute approximate surface area is 120 Å². The van der Waals surface area contributed by atoms with Crippen LogP contribution in [0.2, 0.25) is 0 Å². The Morgan fingerprint density at radius 2 is 1.14 bits per heavy atom. The first kappa shape index (κ1) is 21.9. The van der Waals surface area contributed by atoms with Crippen LogP contribution in [0.3, 0.4) is 0 Å². The Balaban J connectivity index is 0. The van der Waals surface area contributed by atoms with Gasteiger partial charge in [-0.05, 0) is 6.92 Å². The fraction of sp³-hybridized carbons (Fsp3) is 0.800. The van der Waals surface area contributed by atoms with Crippen LogP contribution in [0.1, 0.15) is 6.92 Å². The Hall–Kier alpha value is -1.34. The van der Waals surface area contributed by atoms with Crippen molar-refractivity contribution >= 4 is 11.9 Å². The number of rotatable bonds is 11. The van der Waals surface area contributed by atoms with Crippen LogP contribution in [0.15, 0.2) is 0 Å². The van der Waals surface area contributed by atoms with Gasteiger partial charge in [0, 0.05) is 0 Å². The van der Waals surface area contributed by atoms with E-state index in [0.717, 1.165) is 6.92 Å². The fourth-order valence-corrected chi connectivity index (χ4v) is 0.564. The largest absolute Gasteiger partial charge is 0.481 e. The number of hydrogen-bond acceptors (Lipinski definition) is 9. The van der Waals surface area contributed by atoms with Crippen molar-refractivity contribution in [2.75, 3.05) is 39.6 Å². The SMILES string of the molecule is CC(C(=O)O)C(=O)O.OCCON(OCCO)OCCO. The molecule has 0 spiro atoms. The molecular formula is C10H21NO10. The van der Waals surface area contributed by atoms with Gasteiger partial charge in [-0.25, -0.2) is 14.5 Å². The normalized spacial score (nSPS) is 10.4. The molecule has 5 N–H and O–H groups in total. The molecule has 0 unspecified atom stereocenters. The highest BCUT2D eigenvalue weighted by Gasteiger charge is 2.18. The van der Waals surface area contributed by atoms with Crippen LogP contribution in [0.4, 0.5) is 0 Å². The zero-order valence-corrected chi connectivity index (χ0v) is 11.5. The van der Waals surface area contributed by atoms with E-state index in [1.54, 1.807) is 0 Å². The first-order valence-electron chi connectivity index (χ1n) is 5.87. The summed E-state index contributed by atoms with van der Waals surface area (Å²) in [5, 5.41) is 41.8. The molecule has 21 heavy (non-hydrogen) atoms. The number of carboxylic acids is 2. The van der Waals surface area contributed by atoms with E-state index in [2.05, 4.69) is 0 Å². The van der Waals surface area contributed by atoms with Crippen molar-refractivity contribution in [3.05, 3.63) is 0 Å². The summed E-state index contributed by atoms with van der Waals surface area (Å²) in [6.07, 6.45) is 0. The summed E-state index contributed by atoms with van der Waals surface area (Å²) < 4.78 is 0. The Morgan fingerprint density at radius 1 is 0.857 bits per heavy atom. The molecule has 0 aliphatic rings. The van der Waals surface area contributed by atoms with Crippen molar-refractivity contribution in [3.8, 4) is 0 Å². The molecule has 0 amide bonds. The van der Waals surface area contributed by atoms with E-state index in [0.29, 0.717) is 5.39 Å². The zero-order valence-electron chi connectivity index (χ0n) is 11.5. The highest BCUT2D eigenvalue weighted by atomic mass is 17.2. The van der Waals surface area contributed by atoms with E-state index in [9.17, 15) is 9.59 Å². The molecule has 11 heteroatoms. The molecule has 0 heterocycles. The maximum atomic E-state index is 9.76. The van der Waals surface area contributed by atoms with Crippen LogP contribution in [0.5, 0.6) is 0 Å². The minimum Gasteiger partial charge on any atom is -0.481 e. The van der Waals surface area contributed by atoms with Gasteiger partial charge in [-0.1, -0.05) is 0 Å². The molecule has 0 aliphatic heterocycles. The van der Waals surface area contributed by atoms with Gasteiger partial charge in [0.25, 0.3) is 0 Å². The van der Waals surface area contributed by atoms with Gasteiger partial charge in [-0.15, -0.1) is 0 Å². The van der Waals surface area contributed by atoms with Gasteiger partial charge in [-0.3, -0.25) is 9.59 Å². The molecule has 0 bridgehead atoms. The van der Waals surface area contributed by atoms with Crippen molar-refractivity contribution in [2.45, 2.75) is 6.92 Å². The van der Waals surface area contributed by atoms with Crippen LogP contribution in [0.25, 0.3) is 0 Å². The van der Waals surface area contributed by atoms with E-state index in [1.807, 2.05) is 0 Å². The summed E-state index contributed by atoms with van der Waals surface area (Å²) in [7, 11) is 0. The first-order chi connectivity index (χ1) is 9.90. The first-order valence-corrected chi connectivity index (χ1v) is 5.87. The molecule has 0 saturated heterocycles. The third kappa shape index (κ3) is 14.9. The van der Waals surface area contributed by atoms with E-state index in [1.165, 1.54) is 0 Å². The zero-order chi connectivity index (χ0) is 16.7. The van der Waals surface area contributed by atoms with Crippen LogP contribution in [0, 0.1) is 5.92 Å². The molecule has 0 aliphatic carbocycles. The van der Waals surface area contributed by atoms with Gasteiger partial charge in [0.2, 0.25) is 0 Å². The molecular weight excluding hydrogens is 294 g/mol. The summed E-state index contributed by atoms with van der Waals surface area (Å²) in [6.45, 7) is 0.611. The second-order valence-electron chi connectivity index (χ2n) is 3.29. The van der Waals surface area contributed by atoms with Gasteiger partial charge in [0.1, 0.15) is 0 Å². The molecule has 0 saturated carbocycles. The number of carboxylic acid groups (broad SMARTS) is 2. The molecule has 0 rings (SSSR count). The van der Waals surface area contributed by atoms with Crippen molar-refractivity contribution in [3.63, 3.8) is 0 Å². The molecule has 0 fully saturated rings. The van der Waals surface area contributed by atoms with Gasteiger partial charge in [0.05, 0.1) is 45.0 Å². The third-order valence-electron chi connectivity index (χ3n) is 1.60. The summed E-state index contributed by atoms with van der Waals surface area (Å²) in [5.41, 5.74) is 0. The van der Waals surface area contributed by atoms with E-state index in [-0.39, 0.29) is 39.6 Å². The van der Waals surface area contributed by atoms with Crippen LogP contribution >= 0.6 is 0 Å². The number of aliphatic hydroxyl groups excluding tert-OH is 3. The maximum absolute atomic E-state index is 9.76. The van der Waals surface area contributed by atoms with Crippen molar-refractivity contribution in [2.24, 2.45) is 5.92 Å². The van der Waals surface area contributed by atoms with E-state index in [4.69, 9.17) is 40.0 Å². The molecule has 0 radical (unpaired) electrons. The minimum absolute atomic E-state index is 0.0108. The summed E-state index contributed by atoms with van der Waals surface area (Å²) in [6, 6.07) is 0. The third-order valence-corrected chi connectivity index (χ3v) is 1.60. The van der Waals surface area contributed by atoms with E-state index < -0.39 is 17.9 Å². The molecule has 11 nitrogen and oxygen atoms in total. The molecule has 0 aromatic rings. The lowest BCUT2D eigenvalue weighted by Gasteiger charge is -2.17. The van der Waals surface area contributed by atoms with Crippen molar-refractivity contribution in [1.82, 2.24) is 5.39 Å². The van der Waals surface area contributed by atoms with Gasteiger partial charge < -0.3 is 25.5 Å². The van der Waals surface area contributed by atoms with Crippen molar-refractivity contribution < 1.29 is 49.6 Å². The highest BCUT2D eigenvalue weighted by molar-refractivity contribution is 5.92. The molecule has 0 aromatic heterocycles. The van der Waals surface area contributed by atoms with Gasteiger partial charge >= 0.3 is 11.9 Å². The van der Waals surface area contributed by atoms with Crippen LogP contribution in [-0.4, -0.2) is 82.5 Å². The average Bonchev–Trinajstić information content (AvgIpc) is 2.46. The Kier molecular flexibility index (Phi) is 15.7. The van der Waals surface area contributed by atoms with Crippen LogP contribution < -0.4 is 0 Å². The smallest absolute Gasteiger partial charge is 0.317 e. The number of aliphatic carboxylic acids is 2. The van der Waals surface area contributed by atoms with E-state index >= 15 is 0 Å². The quantitative estimate of drug-likeness (QED) is 0.208. The van der Waals surface area contributed by atoms with Crippen LogP contribution in [-0.2, 0) is 24.1 Å². The predicted octanol–water partition coefficient (Wildman–Crippen LogP) is -2.15. The molecule has 126 valence electrons. The fourth-order valence-electron chi connectivity index (χ4n) is 0.564. The Bertz CT molecular complexity index is 242. The summed E-state index contributed by atoms with van der Waals surface area (Å²) >= 11 is 0. The lowest BCUT2D eigenvalue weighted by atomic mass is 10.2. The number of nitrogens with zero attached hydrogens (tertiary/aromatic N) is 1. The minimum atomic E-state index is -1.31. The molecule has 0 aromatic carbocycles. The second kappa shape index (κ2) is 15.1. The number of aliphatic hydroxyl groups is 3. The lowest BCUT2D eigenvalue weighted by Crippen LogP contribution is -2.28. The summed E-state index contributed by atoms with van der Waals surface area (Å²) in [5.74, 6) is -3.91.